The van der Waals surface area contributed by atoms with Gasteiger partial charge in [-0.15, -0.1) is 23.2 Å². The molecule has 11 aromatic rings. The van der Waals surface area contributed by atoms with Crippen LogP contribution in [0.2, 0.25) is 0 Å². The number of carboxylic acids is 2. The number of alkyl halides is 2. The number of aryl methyl sites for hydroxylation is 3. The van der Waals surface area contributed by atoms with Crippen LogP contribution in [0.5, 0.6) is 40.2 Å². The number of esters is 1. The van der Waals surface area contributed by atoms with Gasteiger partial charge in [-0.3, -0.25) is 14.4 Å². The molecule has 759 valence electrons. The third-order valence-corrected chi connectivity index (χ3v) is 34.4. The van der Waals surface area contributed by atoms with Gasteiger partial charge in [-0.05, 0) is 371 Å². The summed E-state index contributed by atoms with van der Waals surface area (Å²) in [4.78, 5) is 35.1. The Morgan fingerprint density at radius 1 is 0.359 bits per heavy atom. The number of aliphatic carboxylic acids is 2. The summed E-state index contributed by atoms with van der Waals surface area (Å²) in [6.07, 6.45) is 21.9. The van der Waals surface area contributed by atoms with Gasteiger partial charge in [-0.25, -0.2) is 17.6 Å². The van der Waals surface area contributed by atoms with E-state index in [4.69, 9.17) is 77.1 Å². The number of fused-ring (bicyclic) bond motifs is 6. The largest absolute Gasteiger partial charge is 0.508 e. The Kier molecular flexibility index (Phi) is 28.1. The summed E-state index contributed by atoms with van der Waals surface area (Å²) >= 11 is 12.1. The summed E-state index contributed by atoms with van der Waals surface area (Å²) in [7, 11) is 6.41. The van der Waals surface area contributed by atoms with E-state index in [2.05, 4.69) is 104 Å². The number of methoxy groups -OCH3 is 4. The second-order valence-corrected chi connectivity index (χ2v) is 44.3. The molecule has 0 aromatic heterocycles. The van der Waals surface area contributed by atoms with E-state index in [9.17, 15) is 38.5 Å². The highest BCUT2D eigenvalue weighted by Gasteiger charge is 2.64. The first-order valence-electron chi connectivity index (χ1n) is 57.5. The smallest absolute Gasteiger partial charge is 0.309 e. The van der Waals surface area contributed by atoms with Crippen LogP contribution in [0.25, 0.3) is 44.5 Å². The lowest BCUT2D eigenvalue weighted by molar-refractivity contribution is -0.145. The fourth-order valence-electron chi connectivity index (χ4n) is 25.4. The maximum Gasteiger partial charge on any atom is 0.309 e. The minimum atomic E-state index is -0.695. The lowest BCUT2D eigenvalue weighted by Gasteiger charge is -2.30. The Labute approximate surface area is 868 Å². The molecular weight excluding hydrogens is 1830 g/mol. The first-order valence-corrected chi connectivity index (χ1v) is 51.6. The summed E-state index contributed by atoms with van der Waals surface area (Å²) in [6.45, 7) is 21.5. The van der Waals surface area contributed by atoms with Gasteiger partial charge in [-0.2, -0.15) is 0 Å². The van der Waals surface area contributed by atoms with Gasteiger partial charge in [-0.1, -0.05) is 172 Å². The number of carboxylic acid groups (broad SMARTS) is 2. The Balaban J connectivity index is 0.000000214. The Morgan fingerprint density at radius 2 is 0.641 bits per heavy atom. The number of carbonyl (C=O) groups is 3. The van der Waals surface area contributed by atoms with Crippen molar-refractivity contribution in [3.8, 4) is 84.8 Å². The quantitative estimate of drug-likeness (QED) is 0.0226. The van der Waals surface area contributed by atoms with Gasteiger partial charge in [0.25, 0.3) is 0 Å². The number of hydrogen-bond donors (Lipinski definition) is 3. The van der Waals surface area contributed by atoms with E-state index in [0.29, 0.717) is 106 Å². The average molecular weight is 2010 g/mol. The van der Waals surface area contributed by atoms with E-state index in [0.717, 1.165) is 193 Å². The van der Waals surface area contributed by atoms with Crippen LogP contribution in [0.1, 0.15) is 300 Å². The van der Waals surface area contributed by atoms with Crippen LogP contribution in [-0.2, 0) is 79.6 Å². The number of carbonyl (C=O) groups excluding carboxylic acids is 1. The van der Waals surface area contributed by atoms with E-state index in [1.165, 1.54) is 77.8 Å². The number of phenols is 1. The number of phenolic OH excluding ortho intramolecular Hbond substituents is 1. The zero-order valence-corrected chi connectivity index (χ0v) is 85.8. The molecule has 3 radical (unpaired) electrons. The molecule has 3 spiro atoms. The average Bonchev–Trinajstić information content (AvgIpc) is 1.55. The van der Waals surface area contributed by atoms with E-state index in [1.807, 2.05) is 79.7 Å². The molecule has 0 heterocycles. The molecule has 13 nitrogen and oxygen atoms in total. The van der Waals surface area contributed by atoms with Gasteiger partial charge >= 0.3 is 17.9 Å². The van der Waals surface area contributed by atoms with Gasteiger partial charge < -0.3 is 48.5 Å². The van der Waals surface area contributed by atoms with Gasteiger partial charge in [0.15, 0.2) is 0 Å². The van der Waals surface area contributed by atoms with Crippen LogP contribution in [0.15, 0.2) is 200 Å². The number of hydrogen-bond acceptors (Lipinski definition) is 11. The first-order chi connectivity index (χ1) is 74.5. The molecule has 10 atom stereocenters. The molecule has 21 rings (SSSR count). The number of aromatic hydroxyl groups is 1. The Morgan fingerprint density at radius 3 is 0.923 bits per heavy atom. The van der Waals surface area contributed by atoms with Gasteiger partial charge in [0, 0.05) is 79.5 Å². The summed E-state index contributed by atoms with van der Waals surface area (Å²) in [5, 5.41) is 28.7. The van der Waals surface area contributed by atoms with Crippen LogP contribution >= 0.6 is 23.2 Å². The molecule has 10 aliphatic rings. The van der Waals surface area contributed by atoms with Crippen LogP contribution in [0.3, 0.4) is 0 Å². The van der Waals surface area contributed by atoms with Gasteiger partial charge in [0.1, 0.15) is 76.7 Å². The van der Waals surface area contributed by atoms with Crippen molar-refractivity contribution in [3.05, 3.63) is 301 Å². The molecule has 20 heteroatoms. The molecule has 0 bridgehead atoms. The monoisotopic (exact) mass is 2010 g/mol. The standard InChI is InChI=1S/2C33H35FO4.2C21H24ClFO.C14H16O3.B.7H2/c2*1-32(2)13-4-5-27(32)25-15-20(6-10-24(25)26-16-22(37-3)9-11-30(26)34)19-38-23-8-7-21-12-14-33(28(21)17-23)18-29(33)31(35)36;2*1-21(2)10-4-5-19(21)17-11-14(13-22)6-8-16(17)18-12-15(24-3)7-9-20(18)23;1-2-17-13(16)12-8-14(12)6-5-9-3-4-10(15)7-11(9)14;;;;;;;;/h2*6-11,15-17,27,29H,4-5,12-14,18-19H2,1-3H3,(H,35,36);2*6-9,11-12,19H,4-5,10,13H2,1-3H3;3-4,7,12,15H,2,5-6,8H2,1H3;;7*1H/t27-,29+,33+;27-,29-,33-;2*19-;12-,14-;;;;;;;;/m01101......../s1/i;;;;;;7*1+2T. The van der Waals surface area contributed by atoms with E-state index < -0.39 is 11.9 Å². The summed E-state index contributed by atoms with van der Waals surface area (Å²) < 4.78 is 168. The third kappa shape index (κ3) is 21.1. The van der Waals surface area contributed by atoms with Crippen LogP contribution in [0, 0.1) is 62.7 Å². The lowest BCUT2D eigenvalue weighted by atomic mass is 9.75. The summed E-state index contributed by atoms with van der Waals surface area (Å²) in [5.74, 6) is 3.93. The molecule has 142 heavy (non-hydrogen) atoms. The molecule has 7 saturated carbocycles. The van der Waals surface area contributed by atoms with Crippen LogP contribution < -0.4 is 28.4 Å². The van der Waals surface area contributed by atoms with Crippen molar-refractivity contribution < 1.29 is 101 Å². The third-order valence-electron chi connectivity index (χ3n) is 33.7. The van der Waals surface area contributed by atoms with Crippen LogP contribution in [0.4, 0.5) is 17.6 Å². The number of rotatable bonds is 24. The van der Waals surface area contributed by atoms with Crippen molar-refractivity contribution >= 4 is 49.5 Å². The van der Waals surface area contributed by atoms with Crippen molar-refractivity contribution in [3.63, 3.8) is 0 Å². The minimum absolute atomic E-state index is 0. The second-order valence-electron chi connectivity index (χ2n) is 43.8. The fraction of sp³-hybridized carbons (Fsp3) is 0.434. The Bertz CT molecular complexity index is 6250. The van der Waals surface area contributed by atoms with Crippen molar-refractivity contribution in [2.75, 3.05) is 35.0 Å². The molecule has 0 aliphatic heterocycles. The van der Waals surface area contributed by atoms with Gasteiger partial charge in [0.2, 0.25) is 0 Å². The van der Waals surface area contributed by atoms with Crippen LogP contribution in [-0.4, -0.2) is 76.7 Å². The fourth-order valence-corrected chi connectivity index (χ4v) is 25.8. The number of halogens is 6. The highest BCUT2D eigenvalue weighted by atomic mass is 35.5. The zero-order valence-electron chi connectivity index (χ0n) is 98.2. The second kappa shape index (κ2) is 42.2. The van der Waals surface area contributed by atoms with Crippen molar-refractivity contribution in [1.29, 1.82) is 0 Å². The molecule has 10 aliphatic carbocycles. The lowest BCUT2D eigenvalue weighted by Crippen LogP contribution is -2.17. The molecule has 0 amide bonds. The minimum Gasteiger partial charge on any atom is -0.508 e. The van der Waals surface area contributed by atoms with E-state index in [-0.39, 0.29) is 93.3 Å². The van der Waals surface area contributed by atoms with E-state index in [1.54, 1.807) is 83.0 Å². The number of ether oxygens (including phenoxy) is 7. The molecule has 0 unspecified atom stereocenters. The highest BCUT2D eigenvalue weighted by molar-refractivity contribution is 6.17. The molecule has 7 fully saturated rings. The number of benzene rings is 11. The highest BCUT2D eigenvalue weighted by Crippen LogP contribution is 2.66. The SMILES string of the molecule is CCOC(=O)[C@H]1C[C@@]12CCc1ccc(O)cc12.COc1ccc(F)c(-c2ccc(CCl)cc2[C@@H]2CCCC2(C)C)c1.COc1ccc(F)c(-c2ccc(CCl)cc2[C@H]2CCCC2(C)C)c1.COc1ccc(F)c(-c2ccc(COc3ccc4c(c3)[C@@]3(CC4)C[C@@H]3C(=O)O)cc2[C@@H]2CCCC2(C)C)c1.COc1ccc(F)c(-c2ccc(COc3ccc4c(c3)[C@@]3(CC4)C[C@@H]3C(=O)O)cc2[C@H]2CCCC2(C)C)c1.[3H][3H].[3H][3H].[3H][3H].[3H][3H].[3H][3H].[3H][3H].[3H][3H].[B]. The zero-order chi connectivity index (χ0) is 114. The summed E-state index contributed by atoms with van der Waals surface area (Å²) in [5.41, 5.74) is 22.6. The maximum absolute atomic E-state index is 15.1. The predicted octanol–water partition coefficient (Wildman–Crippen LogP) is 31.9. The molecule has 0 saturated heterocycles. The Hall–Kier alpha value is -11.2. The predicted molar refractivity (Wildman–Crippen MR) is 571 cm³/mol. The van der Waals surface area contributed by atoms with Crippen molar-refractivity contribution in [2.24, 2.45) is 39.4 Å². The molecular formula is C122H148BCl2F4O13. The topological polar surface area (TPSA) is 177 Å². The van der Waals surface area contributed by atoms with E-state index >= 15 is 8.78 Å². The maximum atomic E-state index is 15.1. The molecule has 3 N–H and O–H groups in total. The summed E-state index contributed by atoms with van der Waals surface area (Å²) in [6, 6.07) is 62.3. The molecule has 11 aromatic carbocycles. The van der Waals surface area contributed by atoms with Crippen molar-refractivity contribution in [2.45, 2.75) is 262 Å². The normalized spacial score (nSPS) is 23.8. The first kappa shape index (κ1) is 94.4. The van der Waals surface area contributed by atoms with Crippen molar-refractivity contribution in [1.82, 2.24) is 0 Å². The van der Waals surface area contributed by atoms with Gasteiger partial charge in [0.05, 0.1) is 52.8 Å².